The van der Waals surface area contributed by atoms with E-state index in [-0.39, 0.29) is 0 Å². The number of benzene rings is 2. The highest BCUT2D eigenvalue weighted by Gasteiger charge is 2.23. The van der Waals surface area contributed by atoms with E-state index in [0.717, 1.165) is 42.3 Å². The molecule has 0 aliphatic heterocycles. The molecular formula is C18H23N2OS+. The Morgan fingerprint density at radius 3 is 2.55 bits per heavy atom. The van der Waals surface area contributed by atoms with Crippen LogP contribution in [0.25, 0.3) is 21.0 Å². The van der Waals surface area contributed by atoms with Gasteiger partial charge in [0.1, 0.15) is 5.75 Å². The molecule has 4 heteroatoms. The van der Waals surface area contributed by atoms with Crippen LogP contribution < -0.4 is 9.88 Å². The fourth-order valence-electron chi connectivity index (χ4n) is 2.95. The van der Waals surface area contributed by atoms with Crippen LogP contribution in [0, 0.1) is 6.92 Å². The standard InChI is InChI=1S/C18H22N2OS/c1-4-10-19-18-20(11-5-2)15-13-8-6-7-9-14(13)16(21)12(3)17(15)22-18/h6-9,21H,4-5,10-11H2,1-3H3/p+1. The highest BCUT2D eigenvalue weighted by Crippen LogP contribution is 2.39. The van der Waals surface area contributed by atoms with Crippen molar-refractivity contribution in [1.29, 1.82) is 0 Å². The van der Waals surface area contributed by atoms with E-state index in [1.165, 1.54) is 15.3 Å². The summed E-state index contributed by atoms with van der Waals surface area (Å²) in [4.78, 5) is 0. The summed E-state index contributed by atoms with van der Waals surface area (Å²) in [7, 11) is 0. The van der Waals surface area contributed by atoms with Gasteiger partial charge in [0.2, 0.25) is 0 Å². The zero-order valence-corrected chi connectivity index (χ0v) is 14.3. The van der Waals surface area contributed by atoms with Gasteiger partial charge in [-0.2, -0.15) is 0 Å². The molecule has 0 aliphatic rings. The van der Waals surface area contributed by atoms with Gasteiger partial charge in [0.05, 0.1) is 17.8 Å². The first-order valence-electron chi connectivity index (χ1n) is 7.99. The molecule has 2 N–H and O–H groups in total. The van der Waals surface area contributed by atoms with Gasteiger partial charge in [0.25, 0.3) is 0 Å². The Bertz CT molecular complexity index is 823. The molecule has 0 unspecified atom stereocenters. The van der Waals surface area contributed by atoms with E-state index in [2.05, 4.69) is 29.8 Å². The lowest BCUT2D eigenvalue weighted by atomic mass is 10.0. The van der Waals surface area contributed by atoms with Gasteiger partial charge in [-0.15, -0.1) is 0 Å². The van der Waals surface area contributed by atoms with E-state index in [4.69, 9.17) is 0 Å². The van der Waals surface area contributed by atoms with Crippen LogP contribution in [0.4, 0.5) is 5.13 Å². The summed E-state index contributed by atoms with van der Waals surface area (Å²) in [6.45, 7) is 8.35. The first-order chi connectivity index (χ1) is 10.7. The molecule has 0 amide bonds. The van der Waals surface area contributed by atoms with E-state index in [9.17, 15) is 5.11 Å². The zero-order chi connectivity index (χ0) is 15.7. The molecule has 3 rings (SSSR count). The van der Waals surface area contributed by atoms with E-state index in [1.54, 1.807) is 11.3 Å². The van der Waals surface area contributed by atoms with E-state index >= 15 is 0 Å². The number of aryl methyl sites for hydroxylation is 2. The smallest absolute Gasteiger partial charge is 0.334 e. The number of thiazole rings is 1. The molecule has 0 saturated carbocycles. The predicted molar refractivity (Wildman–Crippen MR) is 95.0 cm³/mol. The van der Waals surface area contributed by atoms with Crippen LogP contribution in [0.1, 0.15) is 32.3 Å². The Hall–Kier alpha value is -1.81. The summed E-state index contributed by atoms with van der Waals surface area (Å²) in [5.41, 5.74) is 2.23. The Kier molecular flexibility index (Phi) is 4.21. The number of fused-ring (bicyclic) bond motifs is 3. The lowest BCUT2D eigenvalue weighted by Gasteiger charge is -2.07. The molecule has 0 saturated heterocycles. The second-order valence-corrected chi connectivity index (χ2v) is 6.68. The van der Waals surface area contributed by atoms with Crippen molar-refractivity contribution < 1.29 is 9.67 Å². The van der Waals surface area contributed by atoms with Gasteiger partial charge < -0.3 is 5.11 Å². The zero-order valence-electron chi connectivity index (χ0n) is 13.4. The highest BCUT2D eigenvalue weighted by atomic mass is 32.1. The number of hydrogen-bond donors (Lipinski definition) is 2. The molecule has 0 spiro atoms. The summed E-state index contributed by atoms with van der Waals surface area (Å²) in [6, 6.07) is 8.15. The monoisotopic (exact) mass is 315 g/mol. The van der Waals surface area contributed by atoms with Crippen molar-refractivity contribution in [3.8, 4) is 5.75 Å². The van der Waals surface area contributed by atoms with Crippen molar-refractivity contribution in [1.82, 2.24) is 0 Å². The average Bonchev–Trinajstić information content (AvgIpc) is 2.90. The van der Waals surface area contributed by atoms with Crippen molar-refractivity contribution in [2.45, 2.75) is 40.2 Å². The molecule has 116 valence electrons. The molecule has 0 atom stereocenters. The molecule has 3 aromatic rings. The Labute approximate surface area is 135 Å². The SMILES string of the molecule is CCCNc1sc2c(C)c(O)c3ccccc3c2[n+]1CCC. The van der Waals surface area contributed by atoms with Crippen LogP contribution in [0.5, 0.6) is 5.75 Å². The number of anilines is 1. The Morgan fingerprint density at radius 1 is 1.14 bits per heavy atom. The van der Waals surface area contributed by atoms with Gasteiger partial charge in [0, 0.05) is 16.3 Å². The van der Waals surface area contributed by atoms with Crippen molar-refractivity contribution in [2.75, 3.05) is 11.9 Å². The van der Waals surface area contributed by atoms with Crippen LogP contribution in [0.2, 0.25) is 0 Å². The van der Waals surface area contributed by atoms with Crippen LogP contribution in [-0.4, -0.2) is 11.7 Å². The van der Waals surface area contributed by atoms with Gasteiger partial charge in [-0.1, -0.05) is 32.0 Å². The molecule has 0 aliphatic carbocycles. The first-order valence-corrected chi connectivity index (χ1v) is 8.81. The fraction of sp³-hybridized carbons (Fsp3) is 0.389. The summed E-state index contributed by atoms with van der Waals surface area (Å²) in [5, 5.41) is 17.4. The van der Waals surface area contributed by atoms with Crippen molar-refractivity contribution >= 4 is 37.5 Å². The summed E-state index contributed by atoms with van der Waals surface area (Å²) in [6.07, 6.45) is 2.19. The average molecular weight is 315 g/mol. The Balaban J connectivity index is 2.38. The van der Waals surface area contributed by atoms with Crippen LogP contribution in [-0.2, 0) is 6.54 Å². The maximum absolute atomic E-state index is 10.5. The normalized spacial score (nSPS) is 11.4. The quantitative estimate of drug-likeness (QED) is 0.676. The van der Waals surface area contributed by atoms with Crippen molar-refractivity contribution in [3.63, 3.8) is 0 Å². The van der Waals surface area contributed by atoms with Gasteiger partial charge in [-0.05, 0) is 37.2 Å². The number of nitrogens with one attached hydrogen (secondary N) is 1. The maximum atomic E-state index is 10.5. The van der Waals surface area contributed by atoms with Gasteiger partial charge in [-0.3, -0.25) is 5.32 Å². The van der Waals surface area contributed by atoms with Crippen LogP contribution >= 0.6 is 11.3 Å². The second kappa shape index (κ2) is 6.13. The lowest BCUT2D eigenvalue weighted by Crippen LogP contribution is -2.35. The number of nitrogens with zero attached hydrogens (tertiary/aromatic N) is 1. The topological polar surface area (TPSA) is 36.1 Å². The molecule has 22 heavy (non-hydrogen) atoms. The molecule has 3 nitrogen and oxygen atoms in total. The molecule has 2 aromatic carbocycles. The maximum Gasteiger partial charge on any atom is 0.334 e. The number of phenols is 1. The van der Waals surface area contributed by atoms with Crippen LogP contribution in [0.3, 0.4) is 0 Å². The molecule has 1 heterocycles. The van der Waals surface area contributed by atoms with E-state index < -0.39 is 0 Å². The largest absolute Gasteiger partial charge is 0.507 e. The molecule has 0 bridgehead atoms. The van der Waals surface area contributed by atoms with E-state index in [0.29, 0.717) is 5.75 Å². The number of aromatic nitrogens is 1. The summed E-state index contributed by atoms with van der Waals surface area (Å²) >= 11 is 1.75. The minimum atomic E-state index is 0.412. The van der Waals surface area contributed by atoms with E-state index in [1.807, 2.05) is 25.1 Å². The number of phenolic OH excluding ortho intramolecular Hbond substituents is 1. The predicted octanol–water partition coefficient (Wildman–Crippen LogP) is 4.59. The van der Waals surface area contributed by atoms with Gasteiger partial charge in [0.15, 0.2) is 5.52 Å². The lowest BCUT2D eigenvalue weighted by molar-refractivity contribution is -0.653. The molecule has 0 fully saturated rings. The highest BCUT2D eigenvalue weighted by molar-refractivity contribution is 7.22. The third-order valence-corrected chi connectivity index (χ3v) is 5.30. The Morgan fingerprint density at radius 2 is 1.86 bits per heavy atom. The second-order valence-electron chi connectivity index (χ2n) is 5.68. The third-order valence-electron chi connectivity index (χ3n) is 4.04. The van der Waals surface area contributed by atoms with Crippen LogP contribution in [0.15, 0.2) is 24.3 Å². The third kappa shape index (κ3) is 2.31. The van der Waals surface area contributed by atoms with Crippen molar-refractivity contribution in [3.05, 3.63) is 29.8 Å². The van der Waals surface area contributed by atoms with Gasteiger partial charge in [-0.25, -0.2) is 4.57 Å². The first kappa shape index (κ1) is 15.1. The summed E-state index contributed by atoms with van der Waals surface area (Å²) in [5.74, 6) is 0.412. The minimum Gasteiger partial charge on any atom is -0.507 e. The molecule has 0 radical (unpaired) electrons. The molecular weight excluding hydrogens is 292 g/mol. The number of aromatic hydroxyl groups is 1. The number of rotatable bonds is 5. The summed E-state index contributed by atoms with van der Waals surface area (Å²) < 4.78 is 3.56. The van der Waals surface area contributed by atoms with Crippen molar-refractivity contribution in [2.24, 2.45) is 0 Å². The minimum absolute atomic E-state index is 0.412. The fourth-order valence-corrected chi connectivity index (χ4v) is 4.18. The molecule has 1 aromatic heterocycles. The van der Waals surface area contributed by atoms with Gasteiger partial charge >= 0.3 is 5.13 Å². The number of hydrogen-bond acceptors (Lipinski definition) is 3.